The summed E-state index contributed by atoms with van der Waals surface area (Å²) in [6.45, 7) is 3.26. The topological polar surface area (TPSA) is 43.8 Å². The van der Waals surface area contributed by atoms with E-state index in [2.05, 4.69) is 9.55 Å². The molecule has 2 aromatic carbocycles. The molecule has 0 bridgehead atoms. The average Bonchev–Trinajstić information content (AvgIpc) is 2.87. The molecule has 0 aliphatic carbocycles. The molecule has 0 atom stereocenters. The van der Waals surface area contributed by atoms with E-state index in [-0.39, 0.29) is 5.02 Å². The minimum Gasteiger partial charge on any atom is -0.326 e. The summed E-state index contributed by atoms with van der Waals surface area (Å²) in [6.07, 6.45) is 0. The predicted octanol–water partition coefficient (Wildman–Crippen LogP) is 3.97. The van der Waals surface area contributed by atoms with E-state index >= 15 is 0 Å². The molecule has 1 heterocycles. The number of nitrogens with two attached hydrogens (primary N) is 1. The Morgan fingerprint density at radius 1 is 1.24 bits per heavy atom. The molecular formula is C16H15ClFN3. The van der Waals surface area contributed by atoms with Crippen molar-refractivity contribution >= 4 is 22.6 Å². The molecule has 0 saturated carbocycles. The number of nitrogens with zero attached hydrogens (tertiary/aromatic N) is 2. The highest BCUT2D eigenvalue weighted by molar-refractivity contribution is 6.30. The Bertz CT molecular complexity index is 811. The van der Waals surface area contributed by atoms with Crippen molar-refractivity contribution in [2.75, 3.05) is 0 Å². The van der Waals surface area contributed by atoms with Crippen LogP contribution >= 0.6 is 11.6 Å². The summed E-state index contributed by atoms with van der Waals surface area (Å²) in [5, 5.41) is 0.114. The number of fused-ring (bicyclic) bond motifs is 1. The maximum Gasteiger partial charge on any atom is 0.142 e. The van der Waals surface area contributed by atoms with Gasteiger partial charge in [0.15, 0.2) is 0 Å². The van der Waals surface area contributed by atoms with Crippen LogP contribution < -0.4 is 5.73 Å². The van der Waals surface area contributed by atoms with Gasteiger partial charge in [-0.25, -0.2) is 9.37 Å². The minimum atomic E-state index is -0.438. The summed E-state index contributed by atoms with van der Waals surface area (Å²) >= 11 is 5.74. The van der Waals surface area contributed by atoms with Crippen LogP contribution in [0.5, 0.6) is 0 Å². The fourth-order valence-electron chi connectivity index (χ4n) is 2.48. The highest BCUT2D eigenvalue weighted by Gasteiger charge is 2.13. The number of imidazole rings is 1. The zero-order valence-electron chi connectivity index (χ0n) is 11.6. The minimum absolute atomic E-state index is 0.114. The van der Waals surface area contributed by atoms with Crippen LogP contribution in [0.2, 0.25) is 5.02 Å². The Morgan fingerprint density at radius 3 is 2.71 bits per heavy atom. The fraction of sp³-hybridized carbons (Fsp3) is 0.188. The summed E-state index contributed by atoms with van der Waals surface area (Å²) in [5.74, 6) is 0.295. The number of aryl methyl sites for hydroxylation is 1. The van der Waals surface area contributed by atoms with E-state index in [0.717, 1.165) is 29.0 Å². The summed E-state index contributed by atoms with van der Waals surface area (Å²) in [5.41, 5.74) is 9.28. The van der Waals surface area contributed by atoms with Gasteiger partial charge in [-0.1, -0.05) is 17.7 Å². The molecule has 0 fully saturated rings. The lowest BCUT2D eigenvalue weighted by Crippen LogP contribution is -1.98. The third-order valence-electron chi connectivity index (χ3n) is 3.54. The van der Waals surface area contributed by atoms with E-state index in [9.17, 15) is 4.39 Å². The second-order valence-electron chi connectivity index (χ2n) is 4.84. The Balaban J connectivity index is 2.23. The molecule has 0 spiro atoms. The van der Waals surface area contributed by atoms with Crippen LogP contribution in [0.15, 0.2) is 36.4 Å². The first-order valence-electron chi connectivity index (χ1n) is 6.78. The molecule has 0 aliphatic rings. The predicted molar refractivity (Wildman–Crippen MR) is 83.7 cm³/mol. The lowest BCUT2D eigenvalue weighted by molar-refractivity contribution is 0.628. The van der Waals surface area contributed by atoms with Crippen LogP contribution in [0, 0.1) is 5.82 Å². The molecular weight excluding hydrogens is 289 g/mol. The molecule has 2 N–H and O–H groups in total. The van der Waals surface area contributed by atoms with Crippen molar-refractivity contribution < 1.29 is 4.39 Å². The van der Waals surface area contributed by atoms with Gasteiger partial charge in [0.2, 0.25) is 0 Å². The standard InChI is InChI=1S/C16H15ClFN3/c1-2-21-15-6-3-10(9-19)7-14(15)20-16(21)11-4-5-12(17)13(18)8-11/h3-8H,2,9,19H2,1H3. The number of halogens is 2. The van der Waals surface area contributed by atoms with Crippen molar-refractivity contribution in [1.82, 2.24) is 9.55 Å². The molecule has 108 valence electrons. The number of hydrogen-bond acceptors (Lipinski definition) is 2. The summed E-state index contributed by atoms with van der Waals surface area (Å²) < 4.78 is 15.7. The first kappa shape index (κ1) is 14.0. The second kappa shape index (κ2) is 5.47. The Kier molecular flexibility index (Phi) is 3.66. The van der Waals surface area contributed by atoms with E-state index in [1.165, 1.54) is 6.07 Å². The van der Waals surface area contributed by atoms with Crippen molar-refractivity contribution in [2.45, 2.75) is 20.0 Å². The highest BCUT2D eigenvalue weighted by atomic mass is 35.5. The molecule has 3 rings (SSSR count). The first-order chi connectivity index (χ1) is 10.1. The number of hydrogen-bond donors (Lipinski definition) is 1. The largest absolute Gasteiger partial charge is 0.326 e. The van der Waals surface area contributed by atoms with Gasteiger partial charge in [-0.3, -0.25) is 0 Å². The number of benzene rings is 2. The van der Waals surface area contributed by atoms with Gasteiger partial charge in [0.05, 0.1) is 16.1 Å². The van der Waals surface area contributed by atoms with Crippen LogP contribution in [0.25, 0.3) is 22.4 Å². The lowest BCUT2D eigenvalue weighted by Gasteiger charge is -2.06. The molecule has 3 nitrogen and oxygen atoms in total. The van der Waals surface area contributed by atoms with Gasteiger partial charge >= 0.3 is 0 Å². The van der Waals surface area contributed by atoms with Crippen molar-refractivity contribution in [3.05, 3.63) is 52.8 Å². The SMILES string of the molecule is CCn1c(-c2ccc(Cl)c(F)c2)nc2cc(CN)ccc21. The molecule has 0 unspecified atom stereocenters. The summed E-state index contributed by atoms with van der Waals surface area (Å²) in [7, 11) is 0. The van der Waals surface area contributed by atoms with E-state index < -0.39 is 5.82 Å². The molecule has 1 aromatic heterocycles. The van der Waals surface area contributed by atoms with Crippen molar-refractivity contribution in [2.24, 2.45) is 5.73 Å². The fourth-order valence-corrected chi connectivity index (χ4v) is 2.60. The quantitative estimate of drug-likeness (QED) is 0.795. The van der Waals surface area contributed by atoms with Crippen LogP contribution in [-0.2, 0) is 13.1 Å². The monoisotopic (exact) mass is 303 g/mol. The van der Waals surface area contributed by atoms with E-state index in [4.69, 9.17) is 17.3 Å². The normalized spacial score (nSPS) is 11.2. The third-order valence-corrected chi connectivity index (χ3v) is 3.85. The molecule has 0 aliphatic heterocycles. The van der Waals surface area contributed by atoms with Crippen LogP contribution in [0.1, 0.15) is 12.5 Å². The summed E-state index contributed by atoms with van der Waals surface area (Å²) in [4.78, 5) is 4.63. The van der Waals surface area contributed by atoms with Crippen LogP contribution in [0.3, 0.4) is 0 Å². The Morgan fingerprint density at radius 2 is 2.05 bits per heavy atom. The Hall–Kier alpha value is -1.91. The van der Waals surface area contributed by atoms with Gasteiger partial charge in [0.25, 0.3) is 0 Å². The zero-order chi connectivity index (χ0) is 15.0. The van der Waals surface area contributed by atoms with E-state index in [0.29, 0.717) is 12.1 Å². The van der Waals surface area contributed by atoms with E-state index in [1.807, 2.05) is 25.1 Å². The molecule has 0 radical (unpaired) electrons. The molecule has 3 aromatic rings. The molecule has 0 amide bonds. The van der Waals surface area contributed by atoms with Gasteiger partial charge in [-0.15, -0.1) is 0 Å². The first-order valence-corrected chi connectivity index (χ1v) is 7.16. The van der Waals surface area contributed by atoms with Crippen LogP contribution in [-0.4, -0.2) is 9.55 Å². The van der Waals surface area contributed by atoms with Crippen molar-refractivity contribution in [3.63, 3.8) is 0 Å². The van der Waals surface area contributed by atoms with E-state index in [1.54, 1.807) is 12.1 Å². The highest BCUT2D eigenvalue weighted by Crippen LogP contribution is 2.28. The lowest BCUT2D eigenvalue weighted by atomic mass is 10.2. The van der Waals surface area contributed by atoms with Gasteiger partial charge in [0.1, 0.15) is 11.6 Å². The average molecular weight is 304 g/mol. The van der Waals surface area contributed by atoms with Crippen molar-refractivity contribution in [3.8, 4) is 11.4 Å². The van der Waals surface area contributed by atoms with Gasteiger partial charge < -0.3 is 10.3 Å². The maximum absolute atomic E-state index is 13.7. The molecule has 5 heteroatoms. The Labute approximate surface area is 127 Å². The summed E-state index contributed by atoms with van der Waals surface area (Å²) in [6, 6.07) is 10.7. The molecule has 21 heavy (non-hydrogen) atoms. The van der Waals surface area contributed by atoms with Gasteiger partial charge in [-0.2, -0.15) is 0 Å². The maximum atomic E-state index is 13.7. The smallest absolute Gasteiger partial charge is 0.142 e. The second-order valence-corrected chi connectivity index (χ2v) is 5.24. The number of rotatable bonds is 3. The van der Waals surface area contributed by atoms with Gasteiger partial charge in [0, 0.05) is 18.7 Å². The van der Waals surface area contributed by atoms with Crippen LogP contribution in [0.4, 0.5) is 4.39 Å². The zero-order valence-corrected chi connectivity index (χ0v) is 12.4. The van der Waals surface area contributed by atoms with Gasteiger partial charge in [-0.05, 0) is 42.8 Å². The third kappa shape index (κ3) is 2.41. The number of aromatic nitrogens is 2. The van der Waals surface area contributed by atoms with Crippen molar-refractivity contribution in [1.29, 1.82) is 0 Å². The molecule has 0 saturated heterocycles.